The molecule has 0 aliphatic carbocycles. The Labute approximate surface area is 322 Å². The summed E-state index contributed by atoms with van der Waals surface area (Å²) in [6, 6.07) is 54.7. The normalized spacial score (nSPS) is 11.8. The van der Waals surface area contributed by atoms with Crippen LogP contribution in [0, 0.1) is 13.8 Å². The van der Waals surface area contributed by atoms with Crippen LogP contribution in [0.2, 0.25) is 0 Å². The van der Waals surface area contributed by atoms with Gasteiger partial charge in [0, 0.05) is 33.5 Å². The molecule has 54 heavy (non-hydrogen) atoms. The second-order valence-electron chi connectivity index (χ2n) is 15.1. The van der Waals surface area contributed by atoms with E-state index in [9.17, 15) is 0 Å². The smallest absolute Gasteiger partial charge is 0.0543 e. The van der Waals surface area contributed by atoms with Crippen LogP contribution in [-0.4, -0.2) is 0 Å². The second-order valence-corrected chi connectivity index (χ2v) is 15.1. The number of benzene rings is 8. The molecule has 0 saturated carbocycles. The molecule has 0 saturated heterocycles. The summed E-state index contributed by atoms with van der Waals surface area (Å²) < 4.78 is 0. The van der Waals surface area contributed by atoms with E-state index in [4.69, 9.17) is 0 Å². The van der Waals surface area contributed by atoms with Crippen molar-refractivity contribution in [1.82, 2.24) is 0 Å². The van der Waals surface area contributed by atoms with Crippen LogP contribution in [0.3, 0.4) is 0 Å². The largest absolute Gasteiger partial charge is 0.310 e. The molecule has 0 heterocycles. The number of anilines is 6. The van der Waals surface area contributed by atoms with Crippen molar-refractivity contribution >= 4 is 66.4 Å². The molecule has 8 aromatic rings. The topological polar surface area (TPSA) is 6.48 Å². The summed E-state index contributed by atoms with van der Waals surface area (Å²) in [5.41, 5.74) is 12.6. The Morgan fingerprint density at radius 2 is 0.685 bits per heavy atom. The number of hydrogen-bond acceptors (Lipinski definition) is 2. The van der Waals surface area contributed by atoms with Crippen LogP contribution >= 0.6 is 0 Å². The van der Waals surface area contributed by atoms with E-state index in [1.165, 1.54) is 88.7 Å². The number of nitrogens with zero attached hydrogens (tertiary/aromatic N) is 2. The monoisotopic (exact) mass is 704 g/mol. The molecular weight excluding hydrogens is 653 g/mol. The Hall–Kier alpha value is -5.60. The maximum absolute atomic E-state index is 2.53. The van der Waals surface area contributed by atoms with Gasteiger partial charge in [-0.2, -0.15) is 0 Å². The van der Waals surface area contributed by atoms with E-state index in [2.05, 4.69) is 197 Å². The van der Waals surface area contributed by atoms with Crippen molar-refractivity contribution in [3.8, 4) is 0 Å². The SMILES string of the molecule is CCC(CC)c1cc(N(c2ccccc2)c2ccc(C)cc2)c2ccc3c(C(CC)CC)cc(N(c4ccccc4)c4ccc(C)cc4)c4ccc1c2c34. The molecule has 8 rings (SSSR count). The van der Waals surface area contributed by atoms with E-state index in [1.807, 2.05) is 0 Å². The minimum atomic E-state index is 0.440. The van der Waals surface area contributed by atoms with Gasteiger partial charge in [-0.3, -0.25) is 0 Å². The van der Waals surface area contributed by atoms with E-state index in [0.717, 1.165) is 25.7 Å². The highest BCUT2D eigenvalue weighted by atomic mass is 15.1. The molecule has 0 aliphatic rings. The first kappa shape index (κ1) is 35.4. The number of aryl methyl sites for hydroxylation is 2. The van der Waals surface area contributed by atoms with E-state index in [0.29, 0.717) is 11.8 Å². The van der Waals surface area contributed by atoms with E-state index in [1.54, 1.807) is 0 Å². The Bertz CT molecular complexity index is 2310. The van der Waals surface area contributed by atoms with Gasteiger partial charge < -0.3 is 9.80 Å². The molecule has 8 aromatic carbocycles. The predicted molar refractivity (Wildman–Crippen MR) is 236 cm³/mol. The van der Waals surface area contributed by atoms with Crippen LogP contribution in [0.25, 0.3) is 32.3 Å². The third-order valence-corrected chi connectivity index (χ3v) is 11.9. The lowest BCUT2D eigenvalue weighted by atomic mass is 9.81. The molecule has 0 unspecified atom stereocenters. The van der Waals surface area contributed by atoms with Gasteiger partial charge in [0.2, 0.25) is 0 Å². The maximum atomic E-state index is 2.53. The van der Waals surface area contributed by atoms with E-state index >= 15 is 0 Å². The highest BCUT2D eigenvalue weighted by molar-refractivity contribution is 6.29. The van der Waals surface area contributed by atoms with Gasteiger partial charge in [0.05, 0.1) is 11.4 Å². The molecule has 270 valence electrons. The summed E-state index contributed by atoms with van der Waals surface area (Å²) in [4.78, 5) is 4.98. The van der Waals surface area contributed by atoms with Crippen LogP contribution < -0.4 is 9.80 Å². The zero-order valence-corrected chi connectivity index (χ0v) is 32.7. The quantitative estimate of drug-likeness (QED) is 0.117. The van der Waals surface area contributed by atoms with Gasteiger partial charge in [-0.25, -0.2) is 0 Å². The molecule has 0 atom stereocenters. The average molecular weight is 705 g/mol. The summed E-state index contributed by atoms with van der Waals surface area (Å²) in [5.74, 6) is 0.880. The van der Waals surface area contributed by atoms with Gasteiger partial charge in [-0.1, -0.05) is 124 Å². The molecule has 0 N–H and O–H groups in total. The minimum absolute atomic E-state index is 0.440. The second kappa shape index (κ2) is 15.0. The maximum Gasteiger partial charge on any atom is 0.0543 e. The Kier molecular flexibility index (Phi) is 9.86. The fourth-order valence-corrected chi connectivity index (χ4v) is 8.91. The molecule has 0 spiro atoms. The van der Waals surface area contributed by atoms with Gasteiger partial charge >= 0.3 is 0 Å². The first-order valence-electron chi connectivity index (χ1n) is 20.1. The molecule has 2 heteroatoms. The standard InChI is InChI=1S/C52H52N2/c1-7-37(8-2)47-33-49(53(39-17-13-11-14-18-39)41-25-21-35(5)22-26-41)45-32-30-44-48(38(9-3)10-4)34-50(46-31-29-43(47)51(45)52(44)46)54(40-19-15-12-16-20-40)42-27-23-36(6)24-28-42/h11-34,37-38H,7-10H2,1-6H3. The van der Waals surface area contributed by atoms with Crippen LogP contribution in [-0.2, 0) is 0 Å². The highest BCUT2D eigenvalue weighted by Gasteiger charge is 2.27. The zero-order valence-electron chi connectivity index (χ0n) is 32.7. The molecule has 2 nitrogen and oxygen atoms in total. The van der Waals surface area contributed by atoms with E-state index < -0.39 is 0 Å². The van der Waals surface area contributed by atoms with Crippen LogP contribution in [0.4, 0.5) is 34.1 Å². The molecule has 0 aromatic heterocycles. The molecule has 0 amide bonds. The minimum Gasteiger partial charge on any atom is -0.310 e. The Balaban J connectivity index is 1.54. The first-order chi connectivity index (χ1) is 26.4. The van der Waals surface area contributed by atoms with Gasteiger partial charge in [0.25, 0.3) is 0 Å². The lowest BCUT2D eigenvalue weighted by Gasteiger charge is -2.32. The zero-order chi connectivity index (χ0) is 37.3. The molecule has 0 aliphatic heterocycles. The summed E-state index contributed by atoms with van der Waals surface area (Å²) in [6.45, 7) is 13.7. The van der Waals surface area contributed by atoms with Crippen molar-refractivity contribution in [2.24, 2.45) is 0 Å². The summed E-state index contributed by atoms with van der Waals surface area (Å²) in [5, 5.41) is 8.10. The van der Waals surface area contributed by atoms with Crippen molar-refractivity contribution in [2.45, 2.75) is 79.1 Å². The number of rotatable bonds is 12. The first-order valence-corrected chi connectivity index (χ1v) is 20.1. The third kappa shape index (κ3) is 6.18. The molecular formula is C52H52N2. The summed E-state index contributed by atoms with van der Waals surface area (Å²) in [6.07, 6.45) is 4.37. The average Bonchev–Trinajstić information content (AvgIpc) is 3.21. The highest BCUT2D eigenvalue weighted by Crippen LogP contribution is 2.51. The fourth-order valence-electron chi connectivity index (χ4n) is 8.91. The third-order valence-electron chi connectivity index (χ3n) is 11.9. The van der Waals surface area contributed by atoms with Crippen molar-refractivity contribution in [3.05, 3.63) is 168 Å². The van der Waals surface area contributed by atoms with Crippen molar-refractivity contribution in [3.63, 3.8) is 0 Å². The number of hydrogen-bond donors (Lipinski definition) is 0. The van der Waals surface area contributed by atoms with Gasteiger partial charge in [-0.15, -0.1) is 0 Å². The molecule has 0 fully saturated rings. The van der Waals surface area contributed by atoms with Crippen LogP contribution in [0.5, 0.6) is 0 Å². The van der Waals surface area contributed by atoms with Gasteiger partial charge in [0.1, 0.15) is 0 Å². The van der Waals surface area contributed by atoms with Gasteiger partial charge in [-0.05, 0) is 145 Å². The van der Waals surface area contributed by atoms with Gasteiger partial charge in [0.15, 0.2) is 0 Å². The number of para-hydroxylation sites is 2. The van der Waals surface area contributed by atoms with Crippen molar-refractivity contribution in [1.29, 1.82) is 0 Å². The summed E-state index contributed by atoms with van der Waals surface area (Å²) in [7, 11) is 0. The lowest BCUT2D eigenvalue weighted by molar-refractivity contribution is 0.646. The predicted octanol–water partition coefficient (Wildman–Crippen LogP) is 15.9. The fraction of sp³-hybridized carbons (Fsp3) is 0.231. The Morgan fingerprint density at radius 3 is 1.02 bits per heavy atom. The van der Waals surface area contributed by atoms with E-state index in [-0.39, 0.29) is 0 Å². The Morgan fingerprint density at radius 1 is 0.370 bits per heavy atom. The van der Waals surface area contributed by atoms with Crippen molar-refractivity contribution in [2.75, 3.05) is 9.80 Å². The summed E-state index contributed by atoms with van der Waals surface area (Å²) >= 11 is 0. The molecule has 0 bridgehead atoms. The van der Waals surface area contributed by atoms with Crippen LogP contribution in [0.1, 0.15) is 87.5 Å². The van der Waals surface area contributed by atoms with Crippen LogP contribution in [0.15, 0.2) is 146 Å². The van der Waals surface area contributed by atoms with Crippen molar-refractivity contribution < 1.29 is 0 Å². The lowest BCUT2D eigenvalue weighted by Crippen LogP contribution is -2.13. The molecule has 0 radical (unpaired) electrons.